The summed E-state index contributed by atoms with van der Waals surface area (Å²) in [6, 6.07) is 12.6. The van der Waals surface area contributed by atoms with E-state index in [0.717, 1.165) is 22.2 Å². The van der Waals surface area contributed by atoms with Crippen LogP contribution in [0.2, 0.25) is 0 Å². The summed E-state index contributed by atoms with van der Waals surface area (Å²) in [7, 11) is 0. The normalized spacial score (nSPS) is 14.5. The van der Waals surface area contributed by atoms with E-state index in [-0.39, 0.29) is 0 Å². The third kappa shape index (κ3) is 2.71. The van der Waals surface area contributed by atoms with Crippen molar-refractivity contribution in [3.05, 3.63) is 48.5 Å². The van der Waals surface area contributed by atoms with Crippen molar-refractivity contribution < 1.29 is 4.52 Å². The molecule has 2 heterocycles. The van der Waals surface area contributed by atoms with Crippen LogP contribution in [0.25, 0.3) is 11.3 Å². The van der Waals surface area contributed by atoms with Crippen LogP contribution in [0.15, 0.2) is 52.4 Å². The zero-order chi connectivity index (χ0) is 14.1. The van der Waals surface area contributed by atoms with Crippen molar-refractivity contribution in [1.29, 1.82) is 0 Å². The topological polar surface area (TPSA) is 56.7 Å². The van der Waals surface area contributed by atoms with E-state index in [9.17, 15) is 0 Å². The Bertz CT molecular complexity index is 733. The second kappa shape index (κ2) is 5.37. The lowest BCUT2D eigenvalue weighted by Crippen LogP contribution is -1.94. The van der Waals surface area contributed by atoms with Crippen LogP contribution in [-0.2, 0) is 5.75 Å². The largest absolute Gasteiger partial charge is 0.360 e. The molecule has 21 heavy (non-hydrogen) atoms. The predicted molar refractivity (Wildman–Crippen MR) is 79.8 cm³/mol. The van der Waals surface area contributed by atoms with Crippen molar-refractivity contribution in [2.24, 2.45) is 0 Å². The Hall–Kier alpha value is -2.08. The second-order valence-corrected chi connectivity index (χ2v) is 6.03. The molecule has 0 aliphatic heterocycles. The molecule has 0 bridgehead atoms. The van der Waals surface area contributed by atoms with Gasteiger partial charge in [0.25, 0.3) is 0 Å². The minimum absolute atomic E-state index is 0.595. The van der Waals surface area contributed by atoms with E-state index in [0.29, 0.717) is 11.8 Å². The maximum absolute atomic E-state index is 5.41. The highest BCUT2D eigenvalue weighted by Gasteiger charge is 2.26. The van der Waals surface area contributed by atoms with Crippen LogP contribution in [0, 0.1) is 0 Å². The Morgan fingerprint density at radius 3 is 2.90 bits per heavy atom. The quantitative estimate of drug-likeness (QED) is 0.674. The lowest BCUT2D eigenvalue weighted by atomic mass is 10.1. The van der Waals surface area contributed by atoms with Crippen LogP contribution in [0.3, 0.4) is 0 Å². The van der Waals surface area contributed by atoms with Crippen LogP contribution in [0.1, 0.15) is 24.6 Å². The van der Waals surface area contributed by atoms with Gasteiger partial charge in [0.15, 0.2) is 5.16 Å². The van der Waals surface area contributed by atoms with Gasteiger partial charge in [-0.1, -0.05) is 47.3 Å². The van der Waals surface area contributed by atoms with Crippen molar-refractivity contribution >= 4 is 11.8 Å². The molecule has 0 amide bonds. The van der Waals surface area contributed by atoms with Crippen molar-refractivity contribution in [2.45, 2.75) is 29.8 Å². The monoisotopic (exact) mass is 298 g/mol. The Morgan fingerprint density at radius 1 is 1.24 bits per heavy atom. The van der Waals surface area contributed by atoms with Gasteiger partial charge in [0.2, 0.25) is 0 Å². The van der Waals surface area contributed by atoms with Gasteiger partial charge in [0.05, 0.1) is 5.75 Å². The van der Waals surface area contributed by atoms with E-state index in [1.54, 1.807) is 11.8 Å². The molecule has 0 radical (unpaired) electrons. The van der Waals surface area contributed by atoms with Gasteiger partial charge in [-0.15, -0.1) is 10.2 Å². The minimum Gasteiger partial charge on any atom is -0.360 e. The van der Waals surface area contributed by atoms with Gasteiger partial charge in [-0.05, 0) is 12.8 Å². The molecule has 0 atom stereocenters. The van der Waals surface area contributed by atoms with E-state index >= 15 is 0 Å². The number of benzene rings is 1. The number of hydrogen-bond donors (Lipinski definition) is 0. The van der Waals surface area contributed by atoms with Gasteiger partial charge in [0.1, 0.15) is 17.8 Å². The first-order chi connectivity index (χ1) is 10.4. The van der Waals surface area contributed by atoms with Gasteiger partial charge < -0.3 is 9.09 Å². The first-order valence-corrected chi connectivity index (χ1v) is 7.92. The molecule has 1 aliphatic rings. The summed E-state index contributed by atoms with van der Waals surface area (Å²) in [6.45, 7) is 0. The third-order valence-corrected chi connectivity index (χ3v) is 4.43. The Morgan fingerprint density at radius 2 is 2.10 bits per heavy atom. The fraction of sp³-hybridized carbons (Fsp3) is 0.267. The molecule has 1 aromatic carbocycles. The number of rotatable bonds is 5. The van der Waals surface area contributed by atoms with E-state index in [2.05, 4.69) is 19.9 Å². The van der Waals surface area contributed by atoms with Crippen molar-refractivity contribution in [3.8, 4) is 11.3 Å². The average molecular weight is 298 g/mol. The summed E-state index contributed by atoms with van der Waals surface area (Å²) in [5.74, 6) is 1.56. The van der Waals surface area contributed by atoms with Crippen molar-refractivity contribution in [2.75, 3.05) is 0 Å². The molecule has 0 N–H and O–H groups in total. The lowest BCUT2D eigenvalue weighted by molar-refractivity contribution is 0.397. The standard InChI is InChI=1S/C15H14N4OS/c1-2-4-11(5-3-1)14-8-13(20-18-14)9-21-15-17-16-10-19(15)12-6-7-12/h1-5,8,10,12H,6-7,9H2. The molecule has 0 spiro atoms. The predicted octanol–water partition coefficient (Wildman–Crippen LogP) is 3.56. The molecule has 6 heteroatoms. The Balaban J connectivity index is 1.46. The van der Waals surface area contributed by atoms with E-state index in [4.69, 9.17) is 4.52 Å². The molecular weight excluding hydrogens is 284 g/mol. The fourth-order valence-corrected chi connectivity index (χ4v) is 3.06. The third-order valence-electron chi connectivity index (χ3n) is 3.45. The van der Waals surface area contributed by atoms with Crippen LogP contribution in [0.4, 0.5) is 0 Å². The lowest BCUT2D eigenvalue weighted by Gasteiger charge is -2.01. The van der Waals surface area contributed by atoms with Crippen LogP contribution < -0.4 is 0 Å². The van der Waals surface area contributed by atoms with Crippen LogP contribution in [-0.4, -0.2) is 19.9 Å². The molecule has 1 fully saturated rings. The number of thioether (sulfide) groups is 1. The molecule has 0 saturated heterocycles. The van der Waals surface area contributed by atoms with Crippen molar-refractivity contribution in [1.82, 2.24) is 19.9 Å². The first kappa shape index (κ1) is 12.6. The van der Waals surface area contributed by atoms with E-state index < -0.39 is 0 Å². The number of hydrogen-bond acceptors (Lipinski definition) is 5. The molecule has 4 rings (SSSR count). The maximum atomic E-state index is 5.41. The molecule has 3 aromatic rings. The molecule has 1 saturated carbocycles. The maximum Gasteiger partial charge on any atom is 0.191 e. The summed E-state index contributed by atoms with van der Waals surface area (Å²) in [6.07, 6.45) is 4.27. The van der Waals surface area contributed by atoms with Gasteiger partial charge in [-0.2, -0.15) is 0 Å². The molecule has 2 aromatic heterocycles. The van der Waals surface area contributed by atoms with Crippen LogP contribution in [0.5, 0.6) is 0 Å². The summed E-state index contributed by atoms with van der Waals surface area (Å²) >= 11 is 1.64. The fourth-order valence-electron chi connectivity index (χ4n) is 2.20. The van der Waals surface area contributed by atoms with E-state index in [1.165, 1.54) is 12.8 Å². The van der Waals surface area contributed by atoms with Gasteiger partial charge in [-0.3, -0.25) is 0 Å². The van der Waals surface area contributed by atoms with Crippen LogP contribution >= 0.6 is 11.8 Å². The zero-order valence-corrected chi connectivity index (χ0v) is 12.2. The highest BCUT2D eigenvalue weighted by molar-refractivity contribution is 7.98. The summed E-state index contributed by atoms with van der Waals surface area (Å²) in [4.78, 5) is 0. The molecule has 106 valence electrons. The summed E-state index contributed by atoms with van der Waals surface area (Å²) in [5.41, 5.74) is 1.94. The second-order valence-electron chi connectivity index (χ2n) is 5.09. The first-order valence-electron chi connectivity index (χ1n) is 6.93. The summed E-state index contributed by atoms with van der Waals surface area (Å²) < 4.78 is 7.56. The molecule has 0 unspecified atom stereocenters. The average Bonchev–Trinajstić information content (AvgIpc) is 3.09. The number of nitrogens with zero attached hydrogens (tertiary/aromatic N) is 4. The Kier molecular flexibility index (Phi) is 3.23. The smallest absolute Gasteiger partial charge is 0.191 e. The minimum atomic E-state index is 0.595. The van der Waals surface area contributed by atoms with Crippen molar-refractivity contribution in [3.63, 3.8) is 0 Å². The Labute approximate surface area is 126 Å². The van der Waals surface area contributed by atoms with Gasteiger partial charge in [-0.25, -0.2) is 0 Å². The number of aromatic nitrogens is 4. The van der Waals surface area contributed by atoms with Gasteiger partial charge in [0, 0.05) is 17.7 Å². The van der Waals surface area contributed by atoms with E-state index in [1.807, 2.05) is 42.7 Å². The van der Waals surface area contributed by atoms with Gasteiger partial charge >= 0.3 is 0 Å². The molecular formula is C15H14N4OS. The molecule has 5 nitrogen and oxygen atoms in total. The SMILES string of the molecule is c1ccc(-c2cc(CSc3nncn3C3CC3)on2)cc1. The zero-order valence-electron chi connectivity index (χ0n) is 11.3. The highest BCUT2D eigenvalue weighted by atomic mass is 32.2. The summed E-state index contributed by atoms with van der Waals surface area (Å²) in [5, 5.41) is 13.2. The highest BCUT2D eigenvalue weighted by Crippen LogP contribution is 2.37. The molecule has 1 aliphatic carbocycles.